The molecule has 1 heterocycles. The summed E-state index contributed by atoms with van der Waals surface area (Å²) in [4.78, 5) is 4.04. The first-order valence-corrected chi connectivity index (χ1v) is 4.44. The number of pyridine rings is 1. The van der Waals surface area contributed by atoms with E-state index in [2.05, 4.69) is 11.9 Å². The van der Waals surface area contributed by atoms with Gasteiger partial charge >= 0.3 is 0 Å². The molecular formula is C10H15FN2. The van der Waals surface area contributed by atoms with Crippen molar-refractivity contribution in [3.05, 3.63) is 29.8 Å². The van der Waals surface area contributed by atoms with Gasteiger partial charge in [0.15, 0.2) is 0 Å². The SMILES string of the molecule is CCC(C)(CN)c1ccc(F)cn1. The van der Waals surface area contributed by atoms with Crippen LogP contribution < -0.4 is 5.73 Å². The molecule has 2 nitrogen and oxygen atoms in total. The Morgan fingerprint density at radius 2 is 2.23 bits per heavy atom. The average molecular weight is 182 g/mol. The number of aromatic nitrogens is 1. The summed E-state index contributed by atoms with van der Waals surface area (Å²) in [6, 6.07) is 3.12. The van der Waals surface area contributed by atoms with Crippen LogP contribution in [0.25, 0.3) is 0 Å². The van der Waals surface area contributed by atoms with E-state index in [9.17, 15) is 4.39 Å². The normalized spacial score (nSPS) is 15.4. The molecule has 1 aromatic rings. The number of halogens is 1. The fraction of sp³-hybridized carbons (Fsp3) is 0.500. The third-order valence-corrected chi connectivity index (χ3v) is 2.58. The Kier molecular flexibility index (Phi) is 2.98. The van der Waals surface area contributed by atoms with E-state index in [-0.39, 0.29) is 11.2 Å². The number of rotatable bonds is 3. The van der Waals surface area contributed by atoms with Gasteiger partial charge in [-0.15, -0.1) is 0 Å². The first-order valence-electron chi connectivity index (χ1n) is 4.44. The number of hydrogen-bond acceptors (Lipinski definition) is 2. The molecule has 1 aromatic heterocycles. The van der Waals surface area contributed by atoms with E-state index in [1.54, 1.807) is 6.07 Å². The third-order valence-electron chi connectivity index (χ3n) is 2.58. The molecule has 0 amide bonds. The summed E-state index contributed by atoms with van der Waals surface area (Å²) in [6.07, 6.45) is 2.14. The van der Waals surface area contributed by atoms with Crippen molar-refractivity contribution >= 4 is 0 Å². The maximum atomic E-state index is 12.6. The molecule has 0 saturated carbocycles. The number of nitrogens with two attached hydrogens (primary N) is 1. The van der Waals surface area contributed by atoms with E-state index >= 15 is 0 Å². The molecule has 72 valence electrons. The van der Waals surface area contributed by atoms with Crippen molar-refractivity contribution in [2.45, 2.75) is 25.7 Å². The van der Waals surface area contributed by atoms with E-state index in [0.29, 0.717) is 6.54 Å². The molecule has 0 aromatic carbocycles. The van der Waals surface area contributed by atoms with Crippen LogP contribution in [0.4, 0.5) is 4.39 Å². The monoisotopic (exact) mass is 182 g/mol. The molecule has 1 rings (SSSR count). The molecule has 13 heavy (non-hydrogen) atoms. The molecule has 0 saturated heterocycles. The van der Waals surface area contributed by atoms with Crippen molar-refractivity contribution in [2.75, 3.05) is 6.54 Å². The van der Waals surface area contributed by atoms with Gasteiger partial charge in [-0.3, -0.25) is 4.98 Å². The van der Waals surface area contributed by atoms with Gasteiger partial charge in [-0.1, -0.05) is 13.8 Å². The van der Waals surface area contributed by atoms with Crippen molar-refractivity contribution in [1.82, 2.24) is 4.98 Å². The molecule has 0 aliphatic rings. The molecule has 0 radical (unpaired) electrons. The van der Waals surface area contributed by atoms with Crippen molar-refractivity contribution in [3.8, 4) is 0 Å². The second kappa shape index (κ2) is 3.83. The summed E-state index contributed by atoms with van der Waals surface area (Å²) in [5, 5.41) is 0. The fourth-order valence-corrected chi connectivity index (χ4v) is 1.16. The minimum absolute atomic E-state index is 0.131. The van der Waals surface area contributed by atoms with E-state index in [0.717, 1.165) is 12.1 Å². The Balaban J connectivity index is 2.99. The summed E-state index contributed by atoms with van der Waals surface area (Å²) >= 11 is 0. The molecule has 1 atom stereocenters. The smallest absolute Gasteiger partial charge is 0.141 e. The van der Waals surface area contributed by atoms with Gasteiger partial charge in [0.2, 0.25) is 0 Å². The maximum Gasteiger partial charge on any atom is 0.141 e. The summed E-state index contributed by atoms with van der Waals surface area (Å²) in [5.74, 6) is -0.306. The second-order valence-electron chi connectivity index (χ2n) is 3.48. The van der Waals surface area contributed by atoms with Crippen LogP contribution >= 0.6 is 0 Å². The Morgan fingerprint density at radius 3 is 2.62 bits per heavy atom. The highest BCUT2D eigenvalue weighted by Gasteiger charge is 2.23. The quantitative estimate of drug-likeness (QED) is 0.774. The highest BCUT2D eigenvalue weighted by Crippen LogP contribution is 2.23. The zero-order valence-electron chi connectivity index (χ0n) is 8.05. The largest absolute Gasteiger partial charge is 0.330 e. The Labute approximate surface area is 78.0 Å². The van der Waals surface area contributed by atoms with Crippen LogP contribution in [0.5, 0.6) is 0 Å². The van der Waals surface area contributed by atoms with Gasteiger partial charge < -0.3 is 5.73 Å². The van der Waals surface area contributed by atoms with Crippen LogP contribution in [0.1, 0.15) is 26.0 Å². The van der Waals surface area contributed by atoms with Crippen LogP contribution in [0.3, 0.4) is 0 Å². The first kappa shape index (κ1) is 10.1. The topological polar surface area (TPSA) is 38.9 Å². The first-order chi connectivity index (χ1) is 6.12. The Morgan fingerprint density at radius 1 is 1.54 bits per heavy atom. The predicted octanol–water partition coefficient (Wildman–Crippen LogP) is 1.85. The lowest BCUT2D eigenvalue weighted by atomic mass is 9.84. The van der Waals surface area contributed by atoms with Gasteiger partial charge in [0, 0.05) is 17.7 Å². The fourth-order valence-electron chi connectivity index (χ4n) is 1.16. The zero-order valence-corrected chi connectivity index (χ0v) is 8.05. The Hall–Kier alpha value is -0.960. The van der Waals surface area contributed by atoms with Gasteiger partial charge in [-0.25, -0.2) is 4.39 Å². The standard InChI is InChI=1S/C10H15FN2/c1-3-10(2,7-12)9-5-4-8(11)6-13-9/h4-6H,3,7,12H2,1-2H3. The van der Waals surface area contributed by atoms with Gasteiger partial charge in [0.1, 0.15) is 5.82 Å². The highest BCUT2D eigenvalue weighted by molar-refractivity contribution is 5.16. The van der Waals surface area contributed by atoms with Crippen molar-refractivity contribution in [2.24, 2.45) is 5.73 Å². The number of hydrogen-bond donors (Lipinski definition) is 1. The predicted molar refractivity (Wildman–Crippen MR) is 50.9 cm³/mol. The molecule has 0 fully saturated rings. The lowest BCUT2D eigenvalue weighted by molar-refractivity contribution is 0.451. The molecule has 0 aliphatic heterocycles. The third kappa shape index (κ3) is 2.04. The van der Waals surface area contributed by atoms with Crippen molar-refractivity contribution < 1.29 is 4.39 Å². The van der Waals surface area contributed by atoms with Crippen molar-refractivity contribution in [3.63, 3.8) is 0 Å². The van der Waals surface area contributed by atoms with Crippen LogP contribution in [0.15, 0.2) is 18.3 Å². The van der Waals surface area contributed by atoms with Gasteiger partial charge in [-0.2, -0.15) is 0 Å². The minimum atomic E-state index is -0.306. The lowest BCUT2D eigenvalue weighted by Crippen LogP contribution is -2.31. The van der Waals surface area contributed by atoms with Gasteiger partial charge in [-0.05, 0) is 18.6 Å². The Bertz CT molecular complexity index is 265. The summed E-state index contributed by atoms with van der Waals surface area (Å²) in [5.41, 5.74) is 6.38. The molecule has 3 heteroatoms. The summed E-state index contributed by atoms with van der Waals surface area (Å²) in [7, 11) is 0. The van der Waals surface area contributed by atoms with E-state index < -0.39 is 0 Å². The summed E-state index contributed by atoms with van der Waals surface area (Å²) in [6.45, 7) is 4.62. The lowest BCUT2D eigenvalue weighted by Gasteiger charge is -2.25. The molecular weight excluding hydrogens is 167 g/mol. The summed E-state index contributed by atoms with van der Waals surface area (Å²) < 4.78 is 12.6. The highest BCUT2D eigenvalue weighted by atomic mass is 19.1. The van der Waals surface area contributed by atoms with Crippen molar-refractivity contribution in [1.29, 1.82) is 0 Å². The molecule has 2 N–H and O–H groups in total. The molecule has 1 unspecified atom stereocenters. The van der Waals surface area contributed by atoms with E-state index in [1.807, 2.05) is 6.92 Å². The van der Waals surface area contributed by atoms with Crippen LogP contribution in [-0.4, -0.2) is 11.5 Å². The van der Waals surface area contributed by atoms with Gasteiger partial charge in [0.25, 0.3) is 0 Å². The molecule has 0 spiro atoms. The van der Waals surface area contributed by atoms with Crippen LogP contribution in [0, 0.1) is 5.82 Å². The average Bonchev–Trinajstić information content (AvgIpc) is 2.18. The van der Waals surface area contributed by atoms with Gasteiger partial charge in [0.05, 0.1) is 6.20 Å². The zero-order chi connectivity index (χ0) is 9.90. The van der Waals surface area contributed by atoms with Crippen LogP contribution in [0.2, 0.25) is 0 Å². The van der Waals surface area contributed by atoms with Crippen LogP contribution in [-0.2, 0) is 5.41 Å². The maximum absolute atomic E-state index is 12.6. The number of nitrogens with zero attached hydrogens (tertiary/aromatic N) is 1. The molecule has 0 aliphatic carbocycles. The van der Waals surface area contributed by atoms with E-state index in [1.165, 1.54) is 12.3 Å². The van der Waals surface area contributed by atoms with E-state index in [4.69, 9.17) is 5.73 Å². The second-order valence-corrected chi connectivity index (χ2v) is 3.48. The molecule has 0 bridgehead atoms. The minimum Gasteiger partial charge on any atom is -0.330 e.